The standard InChI is InChI=1S/C19H20N2O4/c1-3-11-24-16-8-6-7-15(12-16)13-20-21-19(22)14-25-18-10-5-4-9-17(18)23-2/h3-10,12-13H,1,11,14H2,2H3,(H,21,22). The summed E-state index contributed by atoms with van der Waals surface area (Å²) in [4.78, 5) is 11.8. The molecule has 0 spiro atoms. The summed E-state index contributed by atoms with van der Waals surface area (Å²) in [6.07, 6.45) is 3.20. The molecule has 2 rings (SSSR count). The summed E-state index contributed by atoms with van der Waals surface area (Å²) in [7, 11) is 1.54. The summed E-state index contributed by atoms with van der Waals surface area (Å²) >= 11 is 0. The van der Waals surface area contributed by atoms with Crippen LogP contribution < -0.4 is 19.6 Å². The van der Waals surface area contributed by atoms with E-state index in [-0.39, 0.29) is 12.5 Å². The van der Waals surface area contributed by atoms with E-state index >= 15 is 0 Å². The molecule has 6 heteroatoms. The monoisotopic (exact) mass is 340 g/mol. The Morgan fingerprint density at radius 2 is 1.96 bits per heavy atom. The SMILES string of the molecule is C=CCOc1cccc(C=NNC(=O)COc2ccccc2OC)c1. The number of methoxy groups -OCH3 is 1. The van der Waals surface area contributed by atoms with Crippen LogP contribution in [0.5, 0.6) is 17.2 Å². The van der Waals surface area contributed by atoms with E-state index in [1.54, 1.807) is 31.4 Å². The van der Waals surface area contributed by atoms with Crippen molar-refractivity contribution in [2.75, 3.05) is 20.3 Å². The molecule has 130 valence electrons. The summed E-state index contributed by atoms with van der Waals surface area (Å²) in [6, 6.07) is 14.4. The number of para-hydroxylation sites is 2. The van der Waals surface area contributed by atoms with Crippen LogP contribution in [0.15, 0.2) is 66.3 Å². The Morgan fingerprint density at radius 1 is 1.16 bits per heavy atom. The molecule has 0 aliphatic rings. The van der Waals surface area contributed by atoms with Gasteiger partial charge in [0, 0.05) is 0 Å². The van der Waals surface area contributed by atoms with E-state index in [0.717, 1.165) is 5.56 Å². The average molecular weight is 340 g/mol. The molecule has 0 saturated carbocycles. The summed E-state index contributed by atoms with van der Waals surface area (Å²) in [5.74, 6) is 1.39. The van der Waals surface area contributed by atoms with Gasteiger partial charge in [-0.25, -0.2) is 5.43 Å². The predicted octanol–water partition coefficient (Wildman–Crippen LogP) is 2.79. The maximum Gasteiger partial charge on any atom is 0.277 e. The zero-order valence-corrected chi connectivity index (χ0v) is 14.0. The maximum absolute atomic E-state index is 11.8. The van der Waals surface area contributed by atoms with Gasteiger partial charge in [-0.1, -0.05) is 36.9 Å². The van der Waals surface area contributed by atoms with Crippen molar-refractivity contribution < 1.29 is 19.0 Å². The number of nitrogens with one attached hydrogen (secondary N) is 1. The lowest BCUT2D eigenvalue weighted by atomic mass is 10.2. The number of hydrogen-bond acceptors (Lipinski definition) is 5. The molecule has 1 N–H and O–H groups in total. The first-order valence-electron chi connectivity index (χ1n) is 7.64. The molecular formula is C19H20N2O4. The zero-order valence-electron chi connectivity index (χ0n) is 14.0. The average Bonchev–Trinajstić information content (AvgIpc) is 2.65. The van der Waals surface area contributed by atoms with Gasteiger partial charge in [0.25, 0.3) is 5.91 Å². The second-order valence-corrected chi connectivity index (χ2v) is 4.90. The van der Waals surface area contributed by atoms with Gasteiger partial charge >= 0.3 is 0 Å². The van der Waals surface area contributed by atoms with Crippen molar-refractivity contribution in [3.63, 3.8) is 0 Å². The minimum absolute atomic E-state index is 0.166. The third-order valence-electron chi connectivity index (χ3n) is 3.06. The molecule has 0 aromatic heterocycles. The molecule has 6 nitrogen and oxygen atoms in total. The summed E-state index contributed by atoms with van der Waals surface area (Å²) in [5, 5.41) is 3.91. The fourth-order valence-electron chi connectivity index (χ4n) is 1.93. The molecule has 25 heavy (non-hydrogen) atoms. The Hall–Kier alpha value is -3.28. The maximum atomic E-state index is 11.8. The second kappa shape index (κ2) is 9.77. The van der Waals surface area contributed by atoms with Crippen molar-refractivity contribution in [2.45, 2.75) is 0 Å². The van der Waals surface area contributed by atoms with Crippen LogP contribution in [0.4, 0.5) is 0 Å². The van der Waals surface area contributed by atoms with E-state index in [1.165, 1.54) is 6.21 Å². The Balaban J connectivity index is 1.83. The molecule has 0 fully saturated rings. The number of carbonyl (C=O) groups is 1. The van der Waals surface area contributed by atoms with Gasteiger partial charge in [-0.05, 0) is 29.8 Å². The molecule has 1 amide bonds. The van der Waals surface area contributed by atoms with Crippen LogP contribution in [0.3, 0.4) is 0 Å². The zero-order chi connectivity index (χ0) is 17.9. The lowest BCUT2D eigenvalue weighted by Gasteiger charge is -2.09. The van der Waals surface area contributed by atoms with Crippen LogP contribution in [-0.4, -0.2) is 32.4 Å². The third kappa shape index (κ3) is 6.02. The molecule has 0 aliphatic heterocycles. The van der Waals surface area contributed by atoms with Gasteiger partial charge in [-0.2, -0.15) is 5.10 Å². The van der Waals surface area contributed by atoms with Crippen molar-refractivity contribution in [3.8, 4) is 17.2 Å². The number of ether oxygens (including phenoxy) is 3. The first-order valence-corrected chi connectivity index (χ1v) is 7.64. The van der Waals surface area contributed by atoms with Crippen LogP contribution in [-0.2, 0) is 4.79 Å². The Bertz CT molecular complexity index is 744. The van der Waals surface area contributed by atoms with Crippen LogP contribution in [0.25, 0.3) is 0 Å². The topological polar surface area (TPSA) is 69.2 Å². The molecule has 0 heterocycles. The minimum Gasteiger partial charge on any atom is -0.493 e. The van der Waals surface area contributed by atoms with E-state index in [0.29, 0.717) is 23.9 Å². The van der Waals surface area contributed by atoms with Crippen LogP contribution >= 0.6 is 0 Å². The number of rotatable bonds is 9. The van der Waals surface area contributed by atoms with Crippen molar-refractivity contribution in [1.82, 2.24) is 5.43 Å². The molecule has 0 saturated heterocycles. The highest BCUT2D eigenvalue weighted by molar-refractivity contribution is 5.83. The lowest BCUT2D eigenvalue weighted by Crippen LogP contribution is -2.24. The van der Waals surface area contributed by atoms with Crippen molar-refractivity contribution in [2.24, 2.45) is 5.10 Å². The van der Waals surface area contributed by atoms with Crippen LogP contribution in [0.1, 0.15) is 5.56 Å². The highest BCUT2D eigenvalue weighted by Gasteiger charge is 2.05. The fourth-order valence-corrected chi connectivity index (χ4v) is 1.93. The Kier molecular flexibility index (Phi) is 7.06. The predicted molar refractivity (Wildman–Crippen MR) is 96.4 cm³/mol. The van der Waals surface area contributed by atoms with Crippen molar-refractivity contribution in [1.29, 1.82) is 0 Å². The molecule has 0 unspecified atom stereocenters. The number of carbonyl (C=O) groups excluding carboxylic acids is 1. The van der Waals surface area contributed by atoms with Gasteiger partial charge in [0.05, 0.1) is 13.3 Å². The van der Waals surface area contributed by atoms with Gasteiger partial charge in [0.2, 0.25) is 0 Å². The third-order valence-corrected chi connectivity index (χ3v) is 3.06. The molecule has 0 atom stereocenters. The number of nitrogens with zero attached hydrogens (tertiary/aromatic N) is 1. The van der Waals surface area contributed by atoms with Gasteiger partial charge in [0.1, 0.15) is 12.4 Å². The van der Waals surface area contributed by atoms with E-state index < -0.39 is 0 Å². The highest BCUT2D eigenvalue weighted by atomic mass is 16.5. The molecule has 0 bridgehead atoms. The number of benzene rings is 2. The van der Waals surface area contributed by atoms with Gasteiger partial charge in [-0.3, -0.25) is 4.79 Å². The van der Waals surface area contributed by atoms with E-state index in [4.69, 9.17) is 14.2 Å². The lowest BCUT2D eigenvalue weighted by molar-refractivity contribution is -0.123. The smallest absolute Gasteiger partial charge is 0.277 e. The fraction of sp³-hybridized carbons (Fsp3) is 0.158. The van der Waals surface area contributed by atoms with Crippen molar-refractivity contribution in [3.05, 3.63) is 66.7 Å². The van der Waals surface area contributed by atoms with Crippen molar-refractivity contribution >= 4 is 12.1 Å². The molecule has 0 radical (unpaired) electrons. The molecule has 0 aliphatic carbocycles. The number of hydrazone groups is 1. The Labute approximate surface area is 146 Å². The number of hydrogen-bond donors (Lipinski definition) is 1. The normalized spacial score (nSPS) is 10.3. The number of amides is 1. The first-order chi connectivity index (χ1) is 12.2. The largest absolute Gasteiger partial charge is 0.493 e. The van der Waals surface area contributed by atoms with E-state index in [9.17, 15) is 4.79 Å². The highest BCUT2D eigenvalue weighted by Crippen LogP contribution is 2.25. The van der Waals surface area contributed by atoms with E-state index in [1.807, 2.05) is 30.3 Å². The molecule has 2 aromatic carbocycles. The summed E-state index contributed by atoms with van der Waals surface area (Å²) in [6.45, 7) is 3.86. The van der Waals surface area contributed by atoms with E-state index in [2.05, 4.69) is 17.1 Å². The second-order valence-electron chi connectivity index (χ2n) is 4.90. The van der Waals surface area contributed by atoms with Gasteiger partial charge in [0.15, 0.2) is 18.1 Å². The molecular weight excluding hydrogens is 320 g/mol. The quantitative estimate of drug-likeness (QED) is 0.433. The summed E-state index contributed by atoms with van der Waals surface area (Å²) in [5.41, 5.74) is 3.21. The van der Waals surface area contributed by atoms with Crippen LogP contribution in [0.2, 0.25) is 0 Å². The van der Waals surface area contributed by atoms with Gasteiger partial charge in [-0.15, -0.1) is 0 Å². The van der Waals surface area contributed by atoms with Crippen LogP contribution in [0, 0.1) is 0 Å². The van der Waals surface area contributed by atoms with Gasteiger partial charge < -0.3 is 14.2 Å². The Morgan fingerprint density at radius 3 is 2.72 bits per heavy atom. The summed E-state index contributed by atoms with van der Waals surface area (Å²) < 4.78 is 16.0. The minimum atomic E-state index is -0.374. The first kappa shape index (κ1) is 18.1. The molecule has 2 aromatic rings.